The highest BCUT2D eigenvalue weighted by molar-refractivity contribution is 6.37. The molecule has 2 rings (SSSR count). The fourth-order valence-corrected chi connectivity index (χ4v) is 5.44. The lowest BCUT2D eigenvalue weighted by atomic mass is 9.63. The lowest BCUT2D eigenvalue weighted by Crippen LogP contribution is -2.56. The van der Waals surface area contributed by atoms with Crippen molar-refractivity contribution in [2.45, 2.75) is 86.2 Å². The van der Waals surface area contributed by atoms with Crippen molar-refractivity contribution >= 4 is 29.4 Å². The van der Waals surface area contributed by atoms with Crippen molar-refractivity contribution in [1.29, 1.82) is 0 Å². The van der Waals surface area contributed by atoms with Crippen molar-refractivity contribution in [3.05, 3.63) is 0 Å². The molecule has 0 bridgehead atoms. The summed E-state index contributed by atoms with van der Waals surface area (Å²) in [7, 11) is 0. The second-order valence-electron chi connectivity index (χ2n) is 13.1. The van der Waals surface area contributed by atoms with Crippen molar-refractivity contribution < 1.29 is 24.0 Å². The quantitative estimate of drug-likeness (QED) is 0.296. The smallest absolute Gasteiger partial charge is 0.287 e. The monoisotopic (exact) mass is 521 g/mol. The molecule has 0 aromatic carbocycles. The number of carbonyl (C=O) groups is 5. The van der Waals surface area contributed by atoms with Gasteiger partial charge in [-0.1, -0.05) is 61.3 Å². The normalized spacial score (nSPS) is 22.6. The Labute approximate surface area is 221 Å². The highest BCUT2D eigenvalue weighted by Crippen LogP contribution is 2.43. The summed E-state index contributed by atoms with van der Waals surface area (Å²) in [4.78, 5) is 65.3. The van der Waals surface area contributed by atoms with Crippen LogP contribution in [0.25, 0.3) is 0 Å². The van der Waals surface area contributed by atoms with Crippen LogP contribution < -0.4 is 22.1 Å². The van der Waals surface area contributed by atoms with Crippen LogP contribution in [0, 0.1) is 34.5 Å². The number of primary amides is 1. The van der Waals surface area contributed by atoms with Crippen LogP contribution in [0.15, 0.2) is 0 Å². The number of nitrogens with one attached hydrogen (secondary N) is 2. The van der Waals surface area contributed by atoms with Crippen LogP contribution in [-0.4, -0.2) is 66.0 Å². The summed E-state index contributed by atoms with van der Waals surface area (Å²) in [6, 6.07) is -1.73. The van der Waals surface area contributed by atoms with E-state index in [-0.39, 0.29) is 48.1 Å². The van der Waals surface area contributed by atoms with Gasteiger partial charge in [0, 0.05) is 19.0 Å². The predicted octanol–water partition coefficient (Wildman–Crippen LogP) is 0.962. The van der Waals surface area contributed by atoms with E-state index in [1.54, 1.807) is 4.90 Å². The molecular formula is C27H47N5O5. The maximum Gasteiger partial charge on any atom is 0.287 e. The van der Waals surface area contributed by atoms with Gasteiger partial charge in [0.1, 0.15) is 6.04 Å². The second kappa shape index (κ2) is 11.9. The Balaban J connectivity index is 2.34. The van der Waals surface area contributed by atoms with E-state index < -0.39 is 41.0 Å². The zero-order chi connectivity index (χ0) is 28.3. The summed E-state index contributed by atoms with van der Waals surface area (Å²) in [5.41, 5.74) is 9.93. The zero-order valence-corrected chi connectivity index (χ0v) is 23.6. The first kappa shape index (κ1) is 30.7. The molecule has 10 heteroatoms. The van der Waals surface area contributed by atoms with Gasteiger partial charge < -0.3 is 27.0 Å². The molecule has 2 aliphatic rings. The number of Topliss-reactive ketones (excluding diaryl/α,β-unsaturated/α-hetero) is 1. The van der Waals surface area contributed by atoms with Crippen molar-refractivity contribution in [3.8, 4) is 0 Å². The van der Waals surface area contributed by atoms with E-state index in [4.69, 9.17) is 11.5 Å². The molecule has 2 fully saturated rings. The van der Waals surface area contributed by atoms with Crippen LogP contribution in [0.1, 0.15) is 74.1 Å². The van der Waals surface area contributed by atoms with Crippen molar-refractivity contribution in [2.24, 2.45) is 46.0 Å². The van der Waals surface area contributed by atoms with E-state index in [1.807, 2.05) is 48.5 Å². The number of hydrogen-bond acceptors (Lipinski definition) is 6. The molecule has 0 radical (unpaired) electrons. The van der Waals surface area contributed by atoms with Gasteiger partial charge in [0.25, 0.3) is 5.91 Å². The molecule has 10 nitrogen and oxygen atoms in total. The number of nitrogens with two attached hydrogens (primary N) is 2. The van der Waals surface area contributed by atoms with E-state index >= 15 is 0 Å². The minimum atomic E-state index is -1.07. The maximum absolute atomic E-state index is 14.2. The number of likely N-dealkylation sites (tertiary alicyclic amines) is 1. The molecule has 210 valence electrons. The van der Waals surface area contributed by atoms with Gasteiger partial charge in [-0.15, -0.1) is 0 Å². The number of amides is 4. The number of nitrogens with zero attached hydrogens (tertiary/aromatic N) is 1. The maximum atomic E-state index is 14.2. The second-order valence-corrected chi connectivity index (χ2v) is 13.1. The highest BCUT2D eigenvalue weighted by Gasteiger charge is 2.49. The molecule has 1 heterocycles. The number of carbonyl (C=O) groups excluding carboxylic acids is 5. The Bertz CT molecular complexity index is 887. The van der Waals surface area contributed by atoms with E-state index in [0.29, 0.717) is 19.4 Å². The fraction of sp³-hybridized carbons (Fsp3) is 0.815. The molecule has 1 saturated carbocycles. The summed E-state index contributed by atoms with van der Waals surface area (Å²) < 4.78 is 0. The Morgan fingerprint density at radius 1 is 1.00 bits per heavy atom. The standard InChI is InChI=1S/C27H47N5O5/c1-15-10-19(24(36)31-18(11-16-8-9-16)22(34)23(29)35)32(14-15)25(37)21(27(5,6)7)17(26(2,3)4)13-30-20(33)12-28/h15-19,21H,8-14,28H2,1-7H3,(H2,29,35)(H,30,33)(H,31,36)/t15-,17+,18?,19+,21?/m1/s1. The first-order valence-electron chi connectivity index (χ1n) is 13.4. The SMILES string of the molecule is C[C@@H]1C[C@@H](C(=O)NC(CC2CC2)C(=O)C(N)=O)N(C(=O)C([C@H](CNC(=O)CN)C(C)(C)C)C(C)(C)C)C1. The number of rotatable bonds is 11. The van der Waals surface area contributed by atoms with E-state index in [9.17, 15) is 24.0 Å². The van der Waals surface area contributed by atoms with Crippen LogP contribution in [0.3, 0.4) is 0 Å². The first-order chi connectivity index (χ1) is 17.0. The zero-order valence-electron chi connectivity index (χ0n) is 23.6. The summed E-state index contributed by atoms with van der Waals surface area (Å²) in [6.07, 6.45) is 2.73. The Kier molecular flexibility index (Phi) is 9.90. The minimum Gasteiger partial charge on any atom is -0.363 e. The van der Waals surface area contributed by atoms with E-state index in [2.05, 4.69) is 10.6 Å². The molecule has 0 spiro atoms. The third kappa shape index (κ3) is 8.25. The topological polar surface area (TPSA) is 165 Å². The molecule has 1 aliphatic carbocycles. The third-order valence-corrected chi connectivity index (χ3v) is 7.66. The fourth-order valence-electron chi connectivity index (χ4n) is 5.44. The Morgan fingerprint density at radius 3 is 2.05 bits per heavy atom. The molecule has 37 heavy (non-hydrogen) atoms. The van der Waals surface area contributed by atoms with Gasteiger partial charge in [0.15, 0.2) is 0 Å². The van der Waals surface area contributed by atoms with Gasteiger partial charge in [-0.05, 0) is 41.4 Å². The van der Waals surface area contributed by atoms with Gasteiger partial charge in [-0.25, -0.2) is 0 Å². The highest BCUT2D eigenvalue weighted by atomic mass is 16.2. The average Bonchev–Trinajstić information content (AvgIpc) is 3.50. The third-order valence-electron chi connectivity index (χ3n) is 7.66. The van der Waals surface area contributed by atoms with Gasteiger partial charge in [-0.3, -0.25) is 24.0 Å². The number of ketones is 1. The summed E-state index contributed by atoms with van der Waals surface area (Å²) in [6.45, 7) is 14.6. The lowest BCUT2D eigenvalue weighted by molar-refractivity contribution is -0.149. The lowest BCUT2D eigenvalue weighted by Gasteiger charge is -2.45. The summed E-state index contributed by atoms with van der Waals surface area (Å²) in [5, 5.41) is 5.61. The first-order valence-corrected chi connectivity index (χ1v) is 13.4. The molecule has 1 aliphatic heterocycles. The molecule has 1 saturated heterocycles. The van der Waals surface area contributed by atoms with E-state index in [1.165, 1.54) is 0 Å². The van der Waals surface area contributed by atoms with Gasteiger partial charge in [-0.2, -0.15) is 0 Å². The average molecular weight is 522 g/mol. The van der Waals surface area contributed by atoms with Gasteiger partial charge in [0.05, 0.1) is 12.6 Å². The van der Waals surface area contributed by atoms with Crippen LogP contribution in [0.2, 0.25) is 0 Å². The molecule has 5 atom stereocenters. The summed E-state index contributed by atoms with van der Waals surface area (Å²) >= 11 is 0. The number of hydrogen-bond donors (Lipinski definition) is 4. The van der Waals surface area contributed by atoms with Crippen LogP contribution in [-0.2, 0) is 24.0 Å². The molecule has 4 amide bonds. The van der Waals surface area contributed by atoms with Crippen molar-refractivity contribution in [1.82, 2.24) is 15.5 Å². The summed E-state index contributed by atoms with van der Waals surface area (Å²) in [5.74, 6) is -3.11. The molecule has 0 aromatic heterocycles. The molecule has 2 unspecified atom stereocenters. The van der Waals surface area contributed by atoms with Gasteiger partial charge >= 0.3 is 0 Å². The van der Waals surface area contributed by atoms with Crippen molar-refractivity contribution in [3.63, 3.8) is 0 Å². The minimum absolute atomic E-state index is 0.0825. The predicted molar refractivity (Wildman–Crippen MR) is 141 cm³/mol. The molecule has 6 N–H and O–H groups in total. The van der Waals surface area contributed by atoms with Crippen LogP contribution in [0.5, 0.6) is 0 Å². The Morgan fingerprint density at radius 2 is 1.59 bits per heavy atom. The van der Waals surface area contributed by atoms with Crippen molar-refractivity contribution in [2.75, 3.05) is 19.6 Å². The van der Waals surface area contributed by atoms with Crippen LogP contribution >= 0.6 is 0 Å². The van der Waals surface area contributed by atoms with Crippen LogP contribution in [0.4, 0.5) is 0 Å². The molecular weight excluding hydrogens is 474 g/mol. The molecule has 0 aromatic rings. The van der Waals surface area contributed by atoms with Gasteiger partial charge in [0.2, 0.25) is 23.5 Å². The Hall–Kier alpha value is -2.49. The van der Waals surface area contributed by atoms with E-state index in [0.717, 1.165) is 12.8 Å². The largest absolute Gasteiger partial charge is 0.363 e.